The third kappa shape index (κ3) is 4.31. The normalized spacial score (nSPS) is 15.3. The number of imide groups is 2. The molecule has 5 nitrogen and oxygen atoms in total. The first kappa shape index (κ1) is 21.5. The van der Waals surface area contributed by atoms with Crippen LogP contribution in [-0.4, -0.2) is 17.8 Å². The van der Waals surface area contributed by atoms with Crippen LogP contribution in [0.1, 0.15) is 22.3 Å². The van der Waals surface area contributed by atoms with E-state index in [1.54, 1.807) is 60.7 Å². The number of halogens is 2. The van der Waals surface area contributed by atoms with Crippen molar-refractivity contribution in [2.75, 3.05) is 4.90 Å². The van der Waals surface area contributed by atoms with Crippen LogP contribution < -0.4 is 10.2 Å². The number of barbiturate groups is 1. The van der Waals surface area contributed by atoms with Gasteiger partial charge in [-0.1, -0.05) is 53.6 Å². The summed E-state index contributed by atoms with van der Waals surface area (Å²) in [6.07, 6.45) is 1.62. The number of amides is 4. The highest BCUT2D eigenvalue weighted by atomic mass is 35.5. The second-order valence-corrected chi connectivity index (χ2v) is 7.84. The average Bonchev–Trinajstić information content (AvgIpc) is 2.75. The van der Waals surface area contributed by atoms with E-state index >= 15 is 0 Å². The van der Waals surface area contributed by atoms with Crippen molar-refractivity contribution < 1.29 is 18.8 Å². The summed E-state index contributed by atoms with van der Waals surface area (Å²) in [7, 11) is 0. The minimum Gasteiger partial charge on any atom is -0.273 e. The van der Waals surface area contributed by atoms with Crippen LogP contribution in [0.4, 0.5) is 14.9 Å². The largest absolute Gasteiger partial charge is 0.335 e. The number of rotatable bonds is 4. The molecule has 0 bridgehead atoms. The van der Waals surface area contributed by atoms with Crippen LogP contribution >= 0.6 is 11.6 Å². The van der Waals surface area contributed by atoms with E-state index < -0.39 is 17.8 Å². The van der Waals surface area contributed by atoms with Crippen molar-refractivity contribution in [2.24, 2.45) is 0 Å². The highest BCUT2D eigenvalue weighted by Crippen LogP contribution is 2.26. The lowest BCUT2D eigenvalue weighted by Gasteiger charge is -2.26. The maximum Gasteiger partial charge on any atom is 0.335 e. The molecule has 4 amide bonds. The first-order valence-electron chi connectivity index (χ1n) is 9.83. The summed E-state index contributed by atoms with van der Waals surface area (Å²) in [5.41, 5.74) is 2.70. The molecule has 0 spiro atoms. The minimum absolute atomic E-state index is 0.220. The Morgan fingerprint density at radius 3 is 2.41 bits per heavy atom. The number of carbonyl (C=O) groups is 3. The molecule has 7 heteroatoms. The molecule has 1 heterocycles. The predicted octanol–water partition coefficient (Wildman–Crippen LogP) is 5.04. The molecule has 0 aromatic heterocycles. The summed E-state index contributed by atoms with van der Waals surface area (Å²) in [6.45, 7) is 1.88. The molecule has 160 valence electrons. The number of benzene rings is 3. The summed E-state index contributed by atoms with van der Waals surface area (Å²) in [5.74, 6) is -1.91. The first-order valence-corrected chi connectivity index (χ1v) is 10.2. The summed E-state index contributed by atoms with van der Waals surface area (Å²) in [6, 6.07) is 17.3. The number of hydrogen-bond donors (Lipinski definition) is 1. The number of nitrogens with zero attached hydrogens (tertiary/aromatic N) is 1. The van der Waals surface area contributed by atoms with Crippen LogP contribution in [0.2, 0.25) is 5.02 Å². The fourth-order valence-corrected chi connectivity index (χ4v) is 3.63. The zero-order valence-corrected chi connectivity index (χ0v) is 17.8. The Bertz CT molecular complexity index is 1270. The Morgan fingerprint density at radius 2 is 1.69 bits per heavy atom. The highest BCUT2D eigenvalue weighted by molar-refractivity contribution is 6.39. The quantitative estimate of drug-likeness (QED) is 0.449. The molecule has 3 aromatic rings. The highest BCUT2D eigenvalue weighted by Gasteiger charge is 2.36. The number of hydrogen-bond acceptors (Lipinski definition) is 3. The number of aryl methyl sites for hydroxylation is 1. The Morgan fingerprint density at radius 1 is 0.969 bits per heavy atom. The van der Waals surface area contributed by atoms with Crippen LogP contribution in [0.3, 0.4) is 0 Å². The molecule has 1 aliphatic heterocycles. The van der Waals surface area contributed by atoms with Crippen molar-refractivity contribution >= 4 is 41.2 Å². The molecule has 0 aliphatic carbocycles. The molecule has 1 fully saturated rings. The second-order valence-electron chi connectivity index (χ2n) is 7.40. The lowest BCUT2D eigenvalue weighted by molar-refractivity contribution is -0.122. The van der Waals surface area contributed by atoms with Gasteiger partial charge in [0.1, 0.15) is 11.4 Å². The van der Waals surface area contributed by atoms with Crippen LogP contribution in [0, 0.1) is 12.7 Å². The van der Waals surface area contributed by atoms with Crippen molar-refractivity contribution in [1.82, 2.24) is 5.32 Å². The smallest absolute Gasteiger partial charge is 0.273 e. The van der Waals surface area contributed by atoms with Crippen molar-refractivity contribution in [3.05, 3.63) is 105 Å². The number of carbonyl (C=O) groups excluding carboxylic acids is 3. The van der Waals surface area contributed by atoms with Gasteiger partial charge in [0.2, 0.25) is 0 Å². The minimum atomic E-state index is -0.821. The SMILES string of the molecule is Cc1ccc(N2C(=O)NC(=O)/C(=C\c3cc(Cl)ccc3Cc3ccccc3F)C2=O)cc1. The van der Waals surface area contributed by atoms with Gasteiger partial charge in [-0.15, -0.1) is 0 Å². The Hall–Kier alpha value is -3.77. The maximum absolute atomic E-state index is 14.2. The standard InChI is InChI=1S/C25H18ClFN2O3/c1-15-6-10-20(11-7-15)29-24(31)21(23(30)28-25(29)32)14-18-13-19(26)9-8-16(18)12-17-4-2-3-5-22(17)27/h2-11,13-14H,12H2,1H3,(H,28,30,32)/b21-14+. The molecule has 0 saturated carbocycles. The van der Waals surface area contributed by atoms with Gasteiger partial charge in [0.15, 0.2) is 0 Å². The van der Waals surface area contributed by atoms with Gasteiger partial charge in [-0.25, -0.2) is 14.1 Å². The van der Waals surface area contributed by atoms with Gasteiger partial charge in [0.05, 0.1) is 5.69 Å². The molecule has 0 unspecified atom stereocenters. The van der Waals surface area contributed by atoms with E-state index in [2.05, 4.69) is 5.32 Å². The van der Waals surface area contributed by atoms with Crippen LogP contribution in [0.15, 0.2) is 72.3 Å². The van der Waals surface area contributed by atoms with Crippen LogP contribution in [0.5, 0.6) is 0 Å². The lowest BCUT2D eigenvalue weighted by Crippen LogP contribution is -2.54. The van der Waals surface area contributed by atoms with Crippen molar-refractivity contribution in [3.8, 4) is 0 Å². The van der Waals surface area contributed by atoms with E-state index in [4.69, 9.17) is 11.6 Å². The van der Waals surface area contributed by atoms with Gasteiger partial charge in [0.25, 0.3) is 11.8 Å². The molecular weight excluding hydrogens is 431 g/mol. The van der Waals surface area contributed by atoms with Gasteiger partial charge in [-0.2, -0.15) is 0 Å². The molecule has 0 atom stereocenters. The van der Waals surface area contributed by atoms with Gasteiger partial charge in [0, 0.05) is 11.4 Å². The zero-order valence-electron chi connectivity index (χ0n) is 17.1. The molecule has 32 heavy (non-hydrogen) atoms. The molecule has 0 radical (unpaired) electrons. The summed E-state index contributed by atoms with van der Waals surface area (Å²) < 4.78 is 14.2. The van der Waals surface area contributed by atoms with E-state index in [0.29, 0.717) is 27.4 Å². The molecular formula is C25H18ClFN2O3. The number of nitrogens with one attached hydrogen (secondary N) is 1. The van der Waals surface area contributed by atoms with E-state index in [9.17, 15) is 18.8 Å². The molecule has 4 rings (SSSR count). The Balaban J connectivity index is 1.75. The van der Waals surface area contributed by atoms with Crippen molar-refractivity contribution in [1.29, 1.82) is 0 Å². The van der Waals surface area contributed by atoms with Crippen molar-refractivity contribution in [3.63, 3.8) is 0 Å². The topological polar surface area (TPSA) is 66.5 Å². The first-order chi connectivity index (χ1) is 15.3. The number of urea groups is 1. The van der Waals surface area contributed by atoms with Crippen molar-refractivity contribution in [2.45, 2.75) is 13.3 Å². The Labute approximate surface area is 189 Å². The monoisotopic (exact) mass is 448 g/mol. The molecule has 1 N–H and O–H groups in total. The van der Waals surface area contributed by atoms with Gasteiger partial charge < -0.3 is 0 Å². The Kier molecular flexibility index (Phi) is 5.88. The summed E-state index contributed by atoms with van der Waals surface area (Å²) in [4.78, 5) is 38.9. The fraction of sp³-hybridized carbons (Fsp3) is 0.0800. The summed E-state index contributed by atoms with van der Waals surface area (Å²) >= 11 is 6.15. The molecule has 1 saturated heterocycles. The van der Waals surface area contributed by atoms with Gasteiger partial charge in [-0.05, 0) is 60.0 Å². The van der Waals surface area contributed by atoms with E-state index in [1.165, 1.54) is 12.1 Å². The fourth-order valence-electron chi connectivity index (χ4n) is 3.45. The van der Waals surface area contributed by atoms with E-state index in [0.717, 1.165) is 10.5 Å². The zero-order chi connectivity index (χ0) is 22.8. The van der Waals surface area contributed by atoms with E-state index in [-0.39, 0.29) is 17.8 Å². The maximum atomic E-state index is 14.2. The predicted molar refractivity (Wildman–Crippen MR) is 121 cm³/mol. The lowest BCUT2D eigenvalue weighted by atomic mass is 9.97. The van der Waals surface area contributed by atoms with E-state index in [1.807, 2.05) is 6.92 Å². The van der Waals surface area contributed by atoms with Crippen LogP contribution in [0.25, 0.3) is 6.08 Å². The van der Waals surface area contributed by atoms with Crippen LogP contribution in [-0.2, 0) is 16.0 Å². The average molecular weight is 449 g/mol. The third-order valence-corrected chi connectivity index (χ3v) is 5.38. The van der Waals surface area contributed by atoms with Gasteiger partial charge >= 0.3 is 6.03 Å². The number of anilines is 1. The second kappa shape index (κ2) is 8.77. The molecule has 1 aliphatic rings. The summed E-state index contributed by atoms with van der Waals surface area (Å²) in [5, 5.41) is 2.59. The molecule has 3 aromatic carbocycles. The van der Waals surface area contributed by atoms with Gasteiger partial charge in [-0.3, -0.25) is 14.9 Å². The third-order valence-electron chi connectivity index (χ3n) is 5.14.